The number of carbonyl (C=O) groups is 1. The Hall–Kier alpha value is -1.77. The van der Waals surface area contributed by atoms with E-state index in [1.807, 2.05) is 6.07 Å². The van der Waals surface area contributed by atoms with Gasteiger partial charge in [-0.15, -0.1) is 0 Å². The van der Waals surface area contributed by atoms with E-state index in [9.17, 15) is 4.79 Å². The summed E-state index contributed by atoms with van der Waals surface area (Å²) in [5, 5.41) is 9.84. The quantitative estimate of drug-likeness (QED) is 0.877. The molecule has 0 atom stereocenters. The number of fused-ring (bicyclic) bond motifs is 1. The van der Waals surface area contributed by atoms with Crippen LogP contribution in [-0.2, 0) is 11.2 Å². The van der Waals surface area contributed by atoms with Gasteiger partial charge in [-0.25, -0.2) is 0 Å². The Labute approximate surface area is 101 Å². The first-order valence-electron chi connectivity index (χ1n) is 5.89. The predicted molar refractivity (Wildman–Crippen MR) is 68.3 cm³/mol. The van der Waals surface area contributed by atoms with Crippen LogP contribution in [0.15, 0.2) is 30.5 Å². The molecule has 3 nitrogen and oxygen atoms in total. The molecule has 1 heterocycles. The van der Waals surface area contributed by atoms with Crippen molar-refractivity contribution >= 4 is 16.9 Å². The number of aromatic nitrogens is 1. The SMILES string of the molecule is CC(C)n1ccc2cc(CCC(=O)O)ccc21. The number of benzene rings is 1. The van der Waals surface area contributed by atoms with E-state index in [0.717, 1.165) is 5.56 Å². The summed E-state index contributed by atoms with van der Waals surface area (Å²) in [6, 6.07) is 8.70. The standard InChI is InChI=1S/C14H17NO2/c1-10(2)15-8-7-12-9-11(3-5-13(12)15)4-6-14(16)17/h3,5,7-10H,4,6H2,1-2H3,(H,16,17). The molecule has 1 aromatic heterocycles. The zero-order chi connectivity index (χ0) is 12.4. The van der Waals surface area contributed by atoms with Crippen molar-refractivity contribution in [3.05, 3.63) is 36.0 Å². The number of hydrogen-bond donors (Lipinski definition) is 1. The first-order chi connectivity index (χ1) is 8.08. The lowest BCUT2D eigenvalue weighted by Gasteiger charge is -2.09. The molecule has 0 aliphatic rings. The third kappa shape index (κ3) is 2.49. The average Bonchev–Trinajstić information content (AvgIpc) is 2.69. The van der Waals surface area contributed by atoms with Gasteiger partial charge < -0.3 is 9.67 Å². The third-order valence-electron chi connectivity index (χ3n) is 2.97. The monoisotopic (exact) mass is 231 g/mol. The Morgan fingerprint density at radius 1 is 1.35 bits per heavy atom. The van der Waals surface area contributed by atoms with Crippen molar-refractivity contribution in [3.8, 4) is 0 Å². The molecule has 2 rings (SSSR count). The smallest absolute Gasteiger partial charge is 0.303 e. The average molecular weight is 231 g/mol. The second-order valence-corrected chi connectivity index (χ2v) is 4.60. The summed E-state index contributed by atoms with van der Waals surface area (Å²) in [6.45, 7) is 4.30. The van der Waals surface area contributed by atoms with Gasteiger partial charge >= 0.3 is 5.97 Å². The maximum absolute atomic E-state index is 10.5. The van der Waals surface area contributed by atoms with E-state index in [2.05, 4.69) is 42.8 Å². The Balaban J connectivity index is 2.29. The Morgan fingerprint density at radius 2 is 2.12 bits per heavy atom. The van der Waals surface area contributed by atoms with Gasteiger partial charge in [0.05, 0.1) is 0 Å². The topological polar surface area (TPSA) is 42.2 Å². The molecule has 0 aliphatic heterocycles. The molecule has 0 saturated heterocycles. The molecule has 2 aromatic rings. The lowest BCUT2D eigenvalue weighted by molar-refractivity contribution is -0.136. The molecule has 1 aromatic carbocycles. The minimum Gasteiger partial charge on any atom is -0.481 e. The first-order valence-corrected chi connectivity index (χ1v) is 5.89. The highest BCUT2D eigenvalue weighted by Crippen LogP contribution is 2.21. The van der Waals surface area contributed by atoms with E-state index in [0.29, 0.717) is 12.5 Å². The predicted octanol–water partition coefficient (Wildman–Crippen LogP) is 3.24. The summed E-state index contributed by atoms with van der Waals surface area (Å²) in [4.78, 5) is 10.5. The minimum absolute atomic E-state index is 0.191. The number of aryl methyl sites for hydroxylation is 1. The molecule has 17 heavy (non-hydrogen) atoms. The van der Waals surface area contributed by atoms with Crippen LogP contribution in [0.3, 0.4) is 0 Å². The van der Waals surface area contributed by atoms with Crippen molar-refractivity contribution in [2.45, 2.75) is 32.7 Å². The van der Waals surface area contributed by atoms with E-state index in [1.54, 1.807) is 0 Å². The second-order valence-electron chi connectivity index (χ2n) is 4.60. The summed E-state index contributed by atoms with van der Waals surface area (Å²) in [5.41, 5.74) is 2.29. The maximum atomic E-state index is 10.5. The fourth-order valence-electron chi connectivity index (χ4n) is 2.07. The van der Waals surface area contributed by atoms with Crippen LogP contribution < -0.4 is 0 Å². The van der Waals surface area contributed by atoms with Crippen LogP contribution in [0.5, 0.6) is 0 Å². The van der Waals surface area contributed by atoms with E-state index < -0.39 is 5.97 Å². The molecule has 0 amide bonds. The van der Waals surface area contributed by atoms with E-state index in [4.69, 9.17) is 5.11 Å². The number of carboxylic acid groups (broad SMARTS) is 1. The van der Waals surface area contributed by atoms with Gasteiger partial charge in [0.25, 0.3) is 0 Å². The summed E-state index contributed by atoms with van der Waals surface area (Å²) < 4.78 is 2.22. The van der Waals surface area contributed by atoms with Gasteiger partial charge in [-0.3, -0.25) is 4.79 Å². The van der Waals surface area contributed by atoms with Crippen molar-refractivity contribution in [1.29, 1.82) is 0 Å². The van der Waals surface area contributed by atoms with Crippen molar-refractivity contribution in [3.63, 3.8) is 0 Å². The highest BCUT2D eigenvalue weighted by atomic mass is 16.4. The van der Waals surface area contributed by atoms with Gasteiger partial charge in [-0.05, 0) is 49.4 Å². The summed E-state index contributed by atoms with van der Waals surface area (Å²) in [5.74, 6) is -0.746. The molecule has 1 N–H and O–H groups in total. The molecule has 0 radical (unpaired) electrons. The van der Waals surface area contributed by atoms with E-state index in [1.165, 1.54) is 10.9 Å². The van der Waals surface area contributed by atoms with E-state index in [-0.39, 0.29) is 6.42 Å². The largest absolute Gasteiger partial charge is 0.481 e. The van der Waals surface area contributed by atoms with Crippen LogP contribution in [0, 0.1) is 0 Å². The van der Waals surface area contributed by atoms with Crippen molar-refractivity contribution in [2.75, 3.05) is 0 Å². The molecule has 90 valence electrons. The fraction of sp³-hybridized carbons (Fsp3) is 0.357. The lowest BCUT2D eigenvalue weighted by Crippen LogP contribution is -1.99. The Bertz CT molecular complexity index is 540. The minimum atomic E-state index is -0.746. The van der Waals surface area contributed by atoms with Gasteiger partial charge in [-0.1, -0.05) is 6.07 Å². The molecular formula is C14H17NO2. The molecule has 0 aliphatic carbocycles. The number of hydrogen-bond acceptors (Lipinski definition) is 1. The van der Waals surface area contributed by atoms with Crippen LogP contribution in [0.25, 0.3) is 10.9 Å². The maximum Gasteiger partial charge on any atom is 0.303 e. The molecule has 0 bridgehead atoms. The fourth-order valence-corrected chi connectivity index (χ4v) is 2.07. The van der Waals surface area contributed by atoms with Crippen LogP contribution in [0.1, 0.15) is 31.9 Å². The molecule has 0 fully saturated rings. The van der Waals surface area contributed by atoms with Crippen molar-refractivity contribution in [2.24, 2.45) is 0 Å². The Morgan fingerprint density at radius 3 is 2.76 bits per heavy atom. The zero-order valence-electron chi connectivity index (χ0n) is 10.2. The summed E-state index contributed by atoms with van der Waals surface area (Å²) in [7, 11) is 0. The van der Waals surface area contributed by atoms with Gasteiger partial charge in [0.15, 0.2) is 0 Å². The van der Waals surface area contributed by atoms with E-state index >= 15 is 0 Å². The number of nitrogens with zero attached hydrogens (tertiary/aromatic N) is 1. The number of rotatable bonds is 4. The Kier molecular flexibility index (Phi) is 3.18. The van der Waals surface area contributed by atoms with Gasteiger partial charge in [0, 0.05) is 24.2 Å². The summed E-state index contributed by atoms with van der Waals surface area (Å²) >= 11 is 0. The van der Waals surface area contributed by atoms with Crippen LogP contribution in [0.4, 0.5) is 0 Å². The van der Waals surface area contributed by atoms with Crippen molar-refractivity contribution < 1.29 is 9.90 Å². The van der Waals surface area contributed by atoms with Gasteiger partial charge in [0.1, 0.15) is 0 Å². The lowest BCUT2D eigenvalue weighted by atomic mass is 10.1. The van der Waals surface area contributed by atoms with Crippen LogP contribution in [0.2, 0.25) is 0 Å². The molecule has 3 heteroatoms. The highest BCUT2D eigenvalue weighted by molar-refractivity contribution is 5.81. The van der Waals surface area contributed by atoms with Crippen molar-refractivity contribution in [1.82, 2.24) is 4.57 Å². The first kappa shape index (κ1) is 11.7. The van der Waals surface area contributed by atoms with Crippen LogP contribution >= 0.6 is 0 Å². The van der Waals surface area contributed by atoms with Gasteiger partial charge in [0.2, 0.25) is 0 Å². The number of carboxylic acids is 1. The zero-order valence-corrected chi connectivity index (χ0v) is 10.2. The third-order valence-corrected chi connectivity index (χ3v) is 2.97. The van der Waals surface area contributed by atoms with Crippen LogP contribution in [-0.4, -0.2) is 15.6 Å². The normalized spacial score (nSPS) is 11.2. The second kappa shape index (κ2) is 4.62. The molecular weight excluding hydrogens is 214 g/mol. The molecule has 0 spiro atoms. The van der Waals surface area contributed by atoms with Gasteiger partial charge in [-0.2, -0.15) is 0 Å². The molecule has 0 saturated carbocycles. The number of aliphatic carboxylic acids is 1. The summed E-state index contributed by atoms with van der Waals surface area (Å²) in [6.07, 6.45) is 2.87. The highest BCUT2D eigenvalue weighted by Gasteiger charge is 2.05. The molecule has 0 unspecified atom stereocenters.